The molecule has 1 amide bonds. The molecule has 0 spiro atoms. The molecule has 1 aromatic heterocycles. The van der Waals surface area contributed by atoms with Crippen molar-refractivity contribution in [3.8, 4) is 0 Å². The van der Waals surface area contributed by atoms with Gasteiger partial charge in [-0.3, -0.25) is 4.79 Å². The highest BCUT2D eigenvalue weighted by Gasteiger charge is 2.02. The zero-order chi connectivity index (χ0) is 13.0. The third-order valence-corrected chi connectivity index (χ3v) is 2.98. The van der Waals surface area contributed by atoms with Crippen molar-refractivity contribution in [2.45, 2.75) is 0 Å². The molecule has 0 saturated heterocycles. The van der Waals surface area contributed by atoms with Crippen molar-refractivity contribution >= 4 is 28.1 Å². The SMILES string of the molecule is Cn1cccc1/C=N/NC(=O)c1ccc(Br)cc1. The average Bonchev–Trinajstić information content (AvgIpc) is 2.76. The number of nitrogens with one attached hydrogen (secondary N) is 1. The lowest BCUT2D eigenvalue weighted by atomic mass is 10.2. The molecular formula is C13H12BrN3O. The molecule has 0 aliphatic heterocycles. The lowest BCUT2D eigenvalue weighted by Crippen LogP contribution is -2.17. The largest absolute Gasteiger partial charge is 0.350 e. The van der Waals surface area contributed by atoms with E-state index in [1.807, 2.05) is 42.1 Å². The van der Waals surface area contributed by atoms with E-state index in [4.69, 9.17) is 0 Å². The number of carbonyl (C=O) groups is 1. The summed E-state index contributed by atoms with van der Waals surface area (Å²) < 4.78 is 2.85. The van der Waals surface area contributed by atoms with Crippen LogP contribution in [0, 0.1) is 0 Å². The summed E-state index contributed by atoms with van der Waals surface area (Å²) in [4.78, 5) is 11.7. The minimum Gasteiger partial charge on any atom is -0.350 e. The van der Waals surface area contributed by atoms with E-state index in [9.17, 15) is 4.79 Å². The number of amides is 1. The molecular weight excluding hydrogens is 294 g/mol. The number of aryl methyl sites for hydroxylation is 1. The zero-order valence-corrected chi connectivity index (χ0v) is 11.4. The number of hydrazone groups is 1. The third-order valence-electron chi connectivity index (χ3n) is 2.45. The molecule has 0 bridgehead atoms. The summed E-state index contributed by atoms with van der Waals surface area (Å²) in [6.07, 6.45) is 3.52. The van der Waals surface area contributed by atoms with Gasteiger partial charge in [0, 0.05) is 23.3 Å². The Kier molecular flexibility index (Phi) is 3.94. The molecule has 0 fully saturated rings. The van der Waals surface area contributed by atoms with Gasteiger partial charge in [-0.2, -0.15) is 5.10 Å². The number of benzene rings is 1. The molecule has 1 heterocycles. The molecule has 1 aromatic carbocycles. The van der Waals surface area contributed by atoms with Crippen LogP contribution in [0.15, 0.2) is 52.2 Å². The maximum absolute atomic E-state index is 11.7. The molecule has 5 heteroatoms. The van der Waals surface area contributed by atoms with E-state index in [2.05, 4.69) is 26.5 Å². The van der Waals surface area contributed by atoms with Gasteiger partial charge in [0.25, 0.3) is 5.91 Å². The summed E-state index contributed by atoms with van der Waals surface area (Å²) in [7, 11) is 1.91. The summed E-state index contributed by atoms with van der Waals surface area (Å²) in [5, 5.41) is 3.92. The van der Waals surface area contributed by atoms with Crippen molar-refractivity contribution in [1.29, 1.82) is 0 Å². The van der Waals surface area contributed by atoms with Crippen molar-refractivity contribution < 1.29 is 4.79 Å². The average molecular weight is 306 g/mol. The van der Waals surface area contributed by atoms with Gasteiger partial charge in [0.15, 0.2) is 0 Å². The topological polar surface area (TPSA) is 46.4 Å². The van der Waals surface area contributed by atoms with Crippen LogP contribution in [-0.4, -0.2) is 16.7 Å². The van der Waals surface area contributed by atoms with Crippen LogP contribution in [0.4, 0.5) is 0 Å². The van der Waals surface area contributed by atoms with Gasteiger partial charge in [-0.05, 0) is 36.4 Å². The fourth-order valence-electron chi connectivity index (χ4n) is 1.43. The number of nitrogens with zero attached hydrogens (tertiary/aromatic N) is 2. The number of hydrogen-bond donors (Lipinski definition) is 1. The fraction of sp³-hybridized carbons (Fsp3) is 0.0769. The van der Waals surface area contributed by atoms with Crippen molar-refractivity contribution in [2.24, 2.45) is 12.1 Å². The normalized spacial score (nSPS) is 10.8. The van der Waals surface area contributed by atoms with E-state index in [1.54, 1.807) is 18.3 Å². The second kappa shape index (κ2) is 5.64. The number of hydrogen-bond acceptors (Lipinski definition) is 2. The predicted octanol–water partition coefficient (Wildman–Crippen LogP) is 2.55. The van der Waals surface area contributed by atoms with Gasteiger partial charge in [-0.1, -0.05) is 15.9 Å². The molecule has 0 saturated carbocycles. The van der Waals surface area contributed by atoms with Crippen LogP contribution in [0.1, 0.15) is 16.1 Å². The Morgan fingerprint density at radius 3 is 2.67 bits per heavy atom. The first-order valence-electron chi connectivity index (χ1n) is 5.37. The monoisotopic (exact) mass is 305 g/mol. The first kappa shape index (κ1) is 12.6. The number of rotatable bonds is 3. The minimum atomic E-state index is -0.229. The molecule has 0 atom stereocenters. The highest BCUT2D eigenvalue weighted by atomic mass is 79.9. The van der Waals surface area contributed by atoms with Gasteiger partial charge < -0.3 is 4.57 Å². The molecule has 0 aliphatic rings. The standard InChI is InChI=1S/C13H12BrN3O/c1-17-8-2-3-12(17)9-15-16-13(18)10-4-6-11(14)7-5-10/h2-9H,1H3,(H,16,18)/b15-9+. The lowest BCUT2D eigenvalue weighted by Gasteiger charge is -2.00. The van der Waals surface area contributed by atoms with E-state index < -0.39 is 0 Å². The highest BCUT2D eigenvalue weighted by Crippen LogP contribution is 2.10. The van der Waals surface area contributed by atoms with Crippen molar-refractivity contribution in [2.75, 3.05) is 0 Å². The van der Waals surface area contributed by atoms with Crippen LogP contribution < -0.4 is 5.43 Å². The van der Waals surface area contributed by atoms with Crippen molar-refractivity contribution in [3.05, 3.63) is 58.3 Å². The van der Waals surface area contributed by atoms with E-state index in [0.29, 0.717) is 5.56 Å². The lowest BCUT2D eigenvalue weighted by molar-refractivity contribution is 0.0955. The molecule has 0 unspecified atom stereocenters. The van der Waals surface area contributed by atoms with Crippen molar-refractivity contribution in [3.63, 3.8) is 0 Å². The van der Waals surface area contributed by atoms with Crippen LogP contribution in [0.25, 0.3) is 0 Å². The number of aromatic nitrogens is 1. The molecule has 0 aliphatic carbocycles. The van der Waals surface area contributed by atoms with Crippen LogP contribution in [0.3, 0.4) is 0 Å². The van der Waals surface area contributed by atoms with Crippen LogP contribution in [0.5, 0.6) is 0 Å². The van der Waals surface area contributed by atoms with Gasteiger partial charge in [0.1, 0.15) is 0 Å². The zero-order valence-electron chi connectivity index (χ0n) is 9.80. The number of halogens is 1. The third kappa shape index (κ3) is 3.07. The number of carbonyl (C=O) groups excluding carboxylic acids is 1. The van der Waals surface area contributed by atoms with Crippen LogP contribution >= 0.6 is 15.9 Å². The quantitative estimate of drug-likeness (QED) is 0.687. The smallest absolute Gasteiger partial charge is 0.271 e. The van der Waals surface area contributed by atoms with E-state index in [-0.39, 0.29) is 5.91 Å². The summed E-state index contributed by atoms with van der Waals surface area (Å²) in [5.41, 5.74) is 3.98. The molecule has 1 N–H and O–H groups in total. The highest BCUT2D eigenvalue weighted by molar-refractivity contribution is 9.10. The Morgan fingerprint density at radius 1 is 1.33 bits per heavy atom. The summed E-state index contributed by atoms with van der Waals surface area (Å²) >= 11 is 3.32. The first-order chi connectivity index (χ1) is 8.66. The fourth-order valence-corrected chi connectivity index (χ4v) is 1.70. The summed E-state index contributed by atoms with van der Waals surface area (Å²) in [6.45, 7) is 0. The van der Waals surface area contributed by atoms with Gasteiger partial charge in [-0.15, -0.1) is 0 Å². The molecule has 2 aromatic rings. The Hall–Kier alpha value is -1.88. The van der Waals surface area contributed by atoms with E-state index in [1.165, 1.54) is 0 Å². The van der Waals surface area contributed by atoms with Crippen molar-refractivity contribution in [1.82, 2.24) is 9.99 Å². The molecule has 4 nitrogen and oxygen atoms in total. The maximum Gasteiger partial charge on any atom is 0.271 e. The Labute approximate surface area is 113 Å². The van der Waals surface area contributed by atoms with Crippen LogP contribution in [0.2, 0.25) is 0 Å². The maximum atomic E-state index is 11.7. The van der Waals surface area contributed by atoms with E-state index in [0.717, 1.165) is 10.2 Å². The Morgan fingerprint density at radius 2 is 2.06 bits per heavy atom. The van der Waals surface area contributed by atoms with Gasteiger partial charge >= 0.3 is 0 Å². The Bertz CT molecular complexity index is 572. The van der Waals surface area contributed by atoms with Crippen LogP contribution in [-0.2, 0) is 7.05 Å². The molecule has 18 heavy (non-hydrogen) atoms. The molecule has 2 rings (SSSR count). The first-order valence-corrected chi connectivity index (χ1v) is 6.16. The second-order valence-electron chi connectivity index (χ2n) is 3.75. The van der Waals surface area contributed by atoms with Gasteiger partial charge in [0.05, 0.1) is 11.9 Å². The second-order valence-corrected chi connectivity index (χ2v) is 4.67. The minimum absolute atomic E-state index is 0.229. The molecule has 0 radical (unpaired) electrons. The summed E-state index contributed by atoms with van der Waals surface area (Å²) in [5.74, 6) is -0.229. The predicted molar refractivity (Wildman–Crippen MR) is 74.6 cm³/mol. The van der Waals surface area contributed by atoms with Gasteiger partial charge in [0.2, 0.25) is 0 Å². The molecule has 92 valence electrons. The summed E-state index contributed by atoms with van der Waals surface area (Å²) in [6, 6.07) is 10.9. The van der Waals surface area contributed by atoms with Gasteiger partial charge in [-0.25, -0.2) is 5.43 Å². The van der Waals surface area contributed by atoms with E-state index >= 15 is 0 Å². The Balaban J connectivity index is 1.98.